The summed E-state index contributed by atoms with van der Waals surface area (Å²) in [5.41, 5.74) is 3.06. The van der Waals surface area contributed by atoms with Gasteiger partial charge in [-0.25, -0.2) is 9.07 Å². The molecule has 0 fully saturated rings. The van der Waals surface area contributed by atoms with Crippen LogP contribution in [-0.4, -0.2) is 28.8 Å². The van der Waals surface area contributed by atoms with Gasteiger partial charge in [-0.05, 0) is 61.4 Å². The molecule has 1 aromatic heterocycles. The van der Waals surface area contributed by atoms with E-state index in [1.54, 1.807) is 18.2 Å². The molecule has 0 unspecified atom stereocenters. The molecule has 29 heavy (non-hydrogen) atoms. The van der Waals surface area contributed by atoms with Crippen molar-refractivity contribution in [3.63, 3.8) is 0 Å². The molecule has 0 aliphatic heterocycles. The number of hydrogen-bond donors (Lipinski definition) is 1. The molecule has 0 atom stereocenters. The molecule has 0 aliphatic rings. The Labute approximate surface area is 168 Å². The highest BCUT2D eigenvalue weighted by molar-refractivity contribution is 5.77. The summed E-state index contributed by atoms with van der Waals surface area (Å²) < 4.78 is 19.9. The van der Waals surface area contributed by atoms with E-state index >= 15 is 0 Å². The van der Waals surface area contributed by atoms with Crippen LogP contribution in [0.4, 0.5) is 4.39 Å². The van der Waals surface area contributed by atoms with Crippen molar-refractivity contribution >= 4 is 5.91 Å². The summed E-state index contributed by atoms with van der Waals surface area (Å²) in [6, 6.07) is 14.5. The molecule has 7 heteroatoms. The fourth-order valence-electron chi connectivity index (χ4n) is 2.76. The number of benzene rings is 2. The molecule has 3 rings (SSSR count). The summed E-state index contributed by atoms with van der Waals surface area (Å²) in [6.07, 6.45) is 0. The minimum atomic E-state index is -0.340. The Bertz CT molecular complexity index is 1060. The van der Waals surface area contributed by atoms with Crippen molar-refractivity contribution in [3.05, 3.63) is 81.9 Å². The van der Waals surface area contributed by atoms with Gasteiger partial charge in [0.25, 0.3) is 11.5 Å². The van der Waals surface area contributed by atoms with E-state index in [4.69, 9.17) is 4.74 Å². The van der Waals surface area contributed by atoms with Crippen LogP contribution < -0.4 is 15.6 Å². The Morgan fingerprint density at radius 2 is 1.86 bits per heavy atom. The van der Waals surface area contributed by atoms with Crippen molar-refractivity contribution in [1.82, 2.24) is 15.1 Å². The smallest absolute Gasteiger partial charge is 0.266 e. The molecular weight excluding hydrogens is 373 g/mol. The molecule has 0 spiro atoms. The van der Waals surface area contributed by atoms with Crippen LogP contribution >= 0.6 is 0 Å². The van der Waals surface area contributed by atoms with E-state index in [9.17, 15) is 14.0 Å². The number of rotatable bonds is 7. The van der Waals surface area contributed by atoms with Gasteiger partial charge in [-0.3, -0.25) is 9.59 Å². The van der Waals surface area contributed by atoms with Crippen LogP contribution in [0.1, 0.15) is 11.1 Å². The summed E-state index contributed by atoms with van der Waals surface area (Å²) in [4.78, 5) is 24.0. The van der Waals surface area contributed by atoms with Crippen LogP contribution in [-0.2, 0) is 11.3 Å². The minimum absolute atomic E-state index is 0.109. The Morgan fingerprint density at radius 1 is 1.10 bits per heavy atom. The van der Waals surface area contributed by atoms with E-state index in [-0.39, 0.29) is 37.0 Å². The van der Waals surface area contributed by atoms with Crippen LogP contribution in [0, 0.1) is 19.7 Å². The number of hydrogen-bond acceptors (Lipinski definition) is 4. The Kier molecular flexibility index (Phi) is 6.39. The molecule has 0 saturated heterocycles. The van der Waals surface area contributed by atoms with E-state index in [0.717, 1.165) is 11.1 Å². The summed E-state index contributed by atoms with van der Waals surface area (Å²) in [7, 11) is 0. The van der Waals surface area contributed by atoms with Crippen molar-refractivity contribution in [2.75, 3.05) is 13.2 Å². The standard InChI is InChI=1S/C22H22FN3O3/c1-15-4-3-5-20(16(15)2)29-14-21(27)24-12-13-26-22(28)11-10-19(25-26)17-6-8-18(23)9-7-17/h3-11H,12-14H2,1-2H3,(H,24,27). The second kappa shape index (κ2) is 9.14. The van der Waals surface area contributed by atoms with Gasteiger partial charge >= 0.3 is 0 Å². The maximum atomic E-state index is 13.1. The number of carbonyl (C=O) groups is 1. The van der Waals surface area contributed by atoms with Gasteiger partial charge in [0.2, 0.25) is 0 Å². The fraction of sp³-hybridized carbons (Fsp3) is 0.227. The van der Waals surface area contributed by atoms with Gasteiger partial charge in [-0.1, -0.05) is 12.1 Å². The van der Waals surface area contributed by atoms with Gasteiger partial charge in [-0.15, -0.1) is 0 Å². The van der Waals surface area contributed by atoms with E-state index in [0.29, 0.717) is 17.0 Å². The summed E-state index contributed by atoms with van der Waals surface area (Å²) in [6.45, 7) is 4.25. The van der Waals surface area contributed by atoms with E-state index in [1.165, 1.54) is 22.9 Å². The first kappa shape index (κ1) is 20.3. The van der Waals surface area contributed by atoms with E-state index < -0.39 is 0 Å². The largest absolute Gasteiger partial charge is 0.483 e. The predicted molar refractivity (Wildman–Crippen MR) is 108 cm³/mol. The highest BCUT2D eigenvalue weighted by atomic mass is 19.1. The fourth-order valence-corrected chi connectivity index (χ4v) is 2.76. The first-order valence-electron chi connectivity index (χ1n) is 9.24. The highest BCUT2D eigenvalue weighted by Crippen LogP contribution is 2.20. The van der Waals surface area contributed by atoms with Crippen LogP contribution in [0.2, 0.25) is 0 Å². The number of nitrogens with one attached hydrogen (secondary N) is 1. The summed E-state index contributed by atoms with van der Waals surface area (Å²) in [5.74, 6) is 0.0477. The number of amides is 1. The zero-order chi connectivity index (χ0) is 20.8. The quantitative estimate of drug-likeness (QED) is 0.668. The average Bonchev–Trinajstić information content (AvgIpc) is 2.71. The van der Waals surface area contributed by atoms with E-state index in [1.807, 2.05) is 32.0 Å². The lowest BCUT2D eigenvalue weighted by Crippen LogP contribution is -2.34. The van der Waals surface area contributed by atoms with Gasteiger partial charge in [0.1, 0.15) is 11.6 Å². The maximum absolute atomic E-state index is 13.1. The molecule has 1 heterocycles. The van der Waals surface area contributed by atoms with Gasteiger partial charge in [0.05, 0.1) is 12.2 Å². The lowest BCUT2D eigenvalue weighted by molar-refractivity contribution is -0.123. The van der Waals surface area contributed by atoms with Gasteiger partial charge < -0.3 is 10.1 Å². The SMILES string of the molecule is Cc1cccc(OCC(=O)NCCn2nc(-c3ccc(F)cc3)ccc2=O)c1C. The third-order valence-electron chi connectivity index (χ3n) is 4.57. The first-order valence-corrected chi connectivity index (χ1v) is 9.24. The van der Waals surface area contributed by atoms with E-state index in [2.05, 4.69) is 10.4 Å². The van der Waals surface area contributed by atoms with Crippen molar-refractivity contribution in [1.29, 1.82) is 0 Å². The lowest BCUT2D eigenvalue weighted by Gasteiger charge is -2.11. The molecule has 1 amide bonds. The van der Waals surface area contributed by atoms with Gasteiger partial charge in [0.15, 0.2) is 6.61 Å². The third kappa shape index (κ3) is 5.28. The molecule has 150 valence electrons. The Balaban J connectivity index is 1.55. The Morgan fingerprint density at radius 3 is 2.62 bits per heavy atom. The molecule has 1 N–H and O–H groups in total. The molecule has 0 bridgehead atoms. The zero-order valence-electron chi connectivity index (χ0n) is 16.3. The molecule has 6 nitrogen and oxygen atoms in total. The monoisotopic (exact) mass is 395 g/mol. The lowest BCUT2D eigenvalue weighted by atomic mass is 10.1. The minimum Gasteiger partial charge on any atom is -0.483 e. The highest BCUT2D eigenvalue weighted by Gasteiger charge is 2.07. The second-order valence-electron chi connectivity index (χ2n) is 6.62. The number of halogens is 1. The second-order valence-corrected chi connectivity index (χ2v) is 6.62. The van der Waals surface area contributed by atoms with Crippen LogP contribution in [0.15, 0.2) is 59.4 Å². The molecule has 0 aliphatic carbocycles. The summed E-state index contributed by atoms with van der Waals surface area (Å²) in [5, 5.41) is 7.00. The molecule has 0 saturated carbocycles. The normalized spacial score (nSPS) is 10.6. The molecule has 3 aromatic rings. The molecule has 2 aromatic carbocycles. The van der Waals surface area contributed by atoms with Crippen LogP contribution in [0.5, 0.6) is 5.75 Å². The van der Waals surface area contributed by atoms with Crippen molar-refractivity contribution in [3.8, 4) is 17.0 Å². The summed E-state index contributed by atoms with van der Waals surface area (Å²) >= 11 is 0. The number of aromatic nitrogens is 2. The average molecular weight is 395 g/mol. The topological polar surface area (TPSA) is 73.2 Å². The van der Waals surface area contributed by atoms with Crippen molar-refractivity contribution < 1.29 is 13.9 Å². The van der Waals surface area contributed by atoms with Crippen molar-refractivity contribution in [2.24, 2.45) is 0 Å². The van der Waals surface area contributed by atoms with Gasteiger partial charge in [-0.2, -0.15) is 5.10 Å². The van der Waals surface area contributed by atoms with Crippen LogP contribution in [0.3, 0.4) is 0 Å². The van der Waals surface area contributed by atoms with Crippen LogP contribution in [0.25, 0.3) is 11.3 Å². The number of ether oxygens (including phenoxy) is 1. The van der Waals surface area contributed by atoms with Gasteiger partial charge in [0, 0.05) is 18.2 Å². The zero-order valence-corrected chi connectivity index (χ0v) is 16.3. The molecular formula is C22H22FN3O3. The van der Waals surface area contributed by atoms with Crippen molar-refractivity contribution in [2.45, 2.75) is 20.4 Å². The third-order valence-corrected chi connectivity index (χ3v) is 4.57. The number of nitrogens with zero attached hydrogens (tertiary/aromatic N) is 2. The predicted octanol–water partition coefficient (Wildman–Crippen LogP) is 2.86. The first-order chi connectivity index (χ1) is 13.9. The maximum Gasteiger partial charge on any atom is 0.266 e. The molecule has 0 radical (unpaired) electrons. The number of carbonyl (C=O) groups excluding carboxylic acids is 1. The number of aryl methyl sites for hydroxylation is 1. The Hall–Kier alpha value is -3.48.